The Labute approximate surface area is 152 Å². The number of nitrogens with one attached hydrogen (secondary N) is 2. The van der Waals surface area contributed by atoms with Crippen LogP contribution in [0.1, 0.15) is 31.2 Å². The van der Waals surface area contributed by atoms with Crippen molar-refractivity contribution in [2.75, 3.05) is 0 Å². The van der Waals surface area contributed by atoms with Crippen molar-refractivity contribution in [3.05, 3.63) is 42.2 Å². The Morgan fingerprint density at radius 2 is 1.96 bits per heavy atom. The lowest BCUT2D eigenvalue weighted by molar-refractivity contribution is -0.142. The average molecular weight is 356 g/mol. The van der Waals surface area contributed by atoms with Crippen LogP contribution in [0.4, 0.5) is 4.79 Å². The van der Waals surface area contributed by atoms with Gasteiger partial charge in [0.05, 0.1) is 12.1 Å². The van der Waals surface area contributed by atoms with Gasteiger partial charge in [0.2, 0.25) is 0 Å². The number of rotatable bonds is 5. The van der Waals surface area contributed by atoms with Gasteiger partial charge in [-0.05, 0) is 36.8 Å². The SMILES string of the molecule is Cn1cc(-c2ccccc2CNC(=O)NC2CCC(C(=O)O)CC2)cn1. The topological polar surface area (TPSA) is 96.2 Å². The van der Waals surface area contributed by atoms with Gasteiger partial charge in [0, 0.05) is 31.4 Å². The van der Waals surface area contributed by atoms with Gasteiger partial charge >= 0.3 is 12.0 Å². The molecule has 1 fully saturated rings. The van der Waals surface area contributed by atoms with E-state index in [0.29, 0.717) is 32.2 Å². The number of carboxylic acid groups (broad SMARTS) is 1. The van der Waals surface area contributed by atoms with Crippen molar-refractivity contribution < 1.29 is 14.7 Å². The monoisotopic (exact) mass is 356 g/mol. The molecule has 26 heavy (non-hydrogen) atoms. The molecule has 1 aromatic heterocycles. The zero-order valence-electron chi connectivity index (χ0n) is 14.8. The van der Waals surface area contributed by atoms with Crippen molar-refractivity contribution in [3.63, 3.8) is 0 Å². The molecule has 2 aromatic rings. The number of aliphatic carboxylic acids is 1. The highest BCUT2D eigenvalue weighted by Gasteiger charge is 2.26. The number of aryl methyl sites for hydroxylation is 1. The third-order valence-corrected chi connectivity index (χ3v) is 4.88. The van der Waals surface area contributed by atoms with Crippen LogP contribution in [0.25, 0.3) is 11.1 Å². The Bertz CT molecular complexity index is 779. The van der Waals surface area contributed by atoms with Crippen molar-refractivity contribution >= 4 is 12.0 Å². The maximum atomic E-state index is 12.2. The number of nitrogens with zero attached hydrogens (tertiary/aromatic N) is 2. The highest BCUT2D eigenvalue weighted by atomic mass is 16.4. The van der Waals surface area contributed by atoms with E-state index in [1.807, 2.05) is 37.5 Å². The molecule has 1 aromatic carbocycles. The van der Waals surface area contributed by atoms with Gasteiger partial charge in [-0.25, -0.2) is 4.79 Å². The summed E-state index contributed by atoms with van der Waals surface area (Å²) in [6.07, 6.45) is 6.39. The molecule has 0 unspecified atom stereocenters. The summed E-state index contributed by atoms with van der Waals surface area (Å²) < 4.78 is 1.75. The van der Waals surface area contributed by atoms with Gasteiger partial charge in [0.1, 0.15) is 0 Å². The van der Waals surface area contributed by atoms with Gasteiger partial charge in [-0.1, -0.05) is 24.3 Å². The third-order valence-electron chi connectivity index (χ3n) is 4.88. The van der Waals surface area contributed by atoms with E-state index >= 15 is 0 Å². The third kappa shape index (κ3) is 4.41. The summed E-state index contributed by atoms with van der Waals surface area (Å²) >= 11 is 0. The van der Waals surface area contributed by atoms with Crippen molar-refractivity contribution in [2.45, 2.75) is 38.3 Å². The molecule has 138 valence electrons. The summed E-state index contributed by atoms with van der Waals surface area (Å²) in [5, 5.41) is 19.1. The molecule has 0 saturated heterocycles. The number of carbonyl (C=O) groups is 2. The molecule has 3 rings (SSSR count). The Kier molecular flexibility index (Phi) is 5.55. The lowest BCUT2D eigenvalue weighted by atomic mass is 9.86. The average Bonchev–Trinajstić information content (AvgIpc) is 3.07. The highest BCUT2D eigenvalue weighted by molar-refractivity contribution is 5.75. The van der Waals surface area contributed by atoms with E-state index in [0.717, 1.165) is 16.7 Å². The molecule has 1 heterocycles. The smallest absolute Gasteiger partial charge is 0.315 e. The first-order chi connectivity index (χ1) is 12.5. The molecule has 0 atom stereocenters. The second-order valence-electron chi connectivity index (χ2n) is 6.77. The van der Waals surface area contributed by atoms with Crippen LogP contribution in [0.3, 0.4) is 0 Å². The van der Waals surface area contributed by atoms with Crippen molar-refractivity contribution in [3.8, 4) is 11.1 Å². The lowest BCUT2D eigenvalue weighted by Gasteiger charge is -2.26. The summed E-state index contributed by atoms with van der Waals surface area (Å²) in [5.41, 5.74) is 3.07. The standard InChI is InChI=1S/C19H24N4O3/c1-23-12-15(11-21-23)17-5-3-2-4-14(17)10-20-19(26)22-16-8-6-13(7-9-16)18(24)25/h2-5,11-13,16H,6-10H2,1H3,(H,24,25)(H2,20,22,26). The summed E-state index contributed by atoms with van der Waals surface area (Å²) in [7, 11) is 1.87. The number of aromatic nitrogens is 2. The molecule has 7 heteroatoms. The van der Waals surface area contributed by atoms with Gasteiger partial charge in [-0.3, -0.25) is 9.48 Å². The summed E-state index contributed by atoms with van der Waals surface area (Å²) in [5.74, 6) is -1.01. The van der Waals surface area contributed by atoms with Crippen LogP contribution >= 0.6 is 0 Å². The lowest BCUT2D eigenvalue weighted by Crippen LogP contribution is -2.43. The van der Waals surface area contributed by atoms with E-state index in [2.05, 4.69) is 15.7 Å². The molecular formula is C19H24N4O3. The van der Waals surface area contributed by atoms with Crippen molar-refractivity contribution in [2.24, 2.45) is 13.0 Å². The Hall–Kier alpha value is -2.83. The Morgan fingerprint density at radius 1 is 1.23 bits per heavy atom. The zero-order valence-corrected chi connectivity index (χ0v) is 14.8. The van der Waals surface area contributed by atoms with Crippen molar-refractivity contribution in [1.29, 1.82) is 0 Å². The van der Waals surface area contributed by atoms with E-state index in [4.69, 9.17) is 5.11 Å². The van der Waals surface area contributed by atoms with Crippen LogP contribution in [0.15, 0.2) is 36.7 Å². The van der Waals surface area contributed by atoms with Crippen LogP contribution < -0.4 is 10.6 Å². The number of urea groups is 1. The predicted molar refractivity (Wildman–Crippen MR) is 97.4 cm³/mol. The molecule has 0 spiro atoms. The summed E-state index contributed by atoms with van der Waals surface area (Å²) in [6.45, 7) is 0.418. The minimum Gasteiger partial charge on any atom is -0.481 e. The Morgan fingerprint density at radius 3 is 2.62 bits per heavy atom. The number of hydrogen-bond donors (Lipinski definition) is 3. The van der Waals surface area contributed by atoms with E-state index in [9.17, 15) is 9.59 Å². The predicted octanol–water partition coefficient (Wildman–Crippen LogP) is 2.53. The molecule has 1 saturated carbocycles. The molecule has 1 aliphatic rings. The van der Waals surface area contributed by atoms with Crippen molar-refractivity contribution in [1.82, 2.24) is 20.4 Å². The van der Waals surface area contributed by atoms with E-state index < -0.39 is 5.97 Å². The minimum atomic E-state index is -0.736. The Balaban J connectivity index is 1.53. The van der Waals surface area contributed by atoms with Crippen LogP contribution in [0, 0.1) is 5.92 Å². The van der Waals surface area contributed by atoms with Gasteiger partial charge in [-0.15, -0.1) is 0 Å². The fourth-order valence-electron chi connectivity index (χ4n) is 3.41. The van der Waals surface area contributed by atoms with E-state index in [-0.39, 0.29) is 18.0 Å². The first kappa shape index (κ1) is 18.0. The molecule has 0 aliphatic heterocycles. The number of hydrogen-bond acceptors (Lipinski definition) is 3. The highest BCUT2D eigenvalue weighted by Crippen LogP contribution is 2.25. The van der Waals surface area contributed by atoms with Gasteiger partial charge in [0.25, 0.3) is 0 Å². The fraction of sp³-hybridized carbons (Fsp3) is 0.421. The molecule has 7 nitrogen and oxygen atoms in total. The largest absolute Gasteiger partial charge is 0.481 e. The number of amides is 2. The minimum absolute atomic E-state index is 0.0409. The maximum Gasteiger partial charge on any atom is 0.315 e. The first-order valence-electron chi connectivity index (χ1n) is 8.87. The first-order valence-corrected chi connectivity index (χ1v) is 8.87. The second kappa shape index (κ2) is 8.03. The number of carbonyl (C=O) groups excluding carboxylic acids is 1. The van der Waals surface area contributed by atoms with Gasteiger partial charge in [0.15, 0.2) is 0 Å². The molecule has 1 aliphatic carbocycles. The number of carboxylic acids is 1. The number of benzene rings is 1. The summed E-state index contributed by atoms with van der Waals surface area (Å²) in [6, 6.07) is 7.73. The van der Waals surface area contributed by atoms with Gasteiger partial charge < -0.3 is 15.7 Å². The zero-order chi connectivity index (χ0) is 18.5. The normalized spacial score (nSPS) is 19.7. The van der Waals surface area contributed by atoms with E-state index in [1.165, 1.54) is 0 Å². The van der Waals surface area contributed by atoms with Gasteiger partial charge in [-0.2, -0.15) is 5.10 Å². The molecule has 0 radical (unpaired) electrons. The molecule has 3 N–H and O–H groups in total. The van der Waals surface area contributed by atoms with Crippen LogP contribution in [0.2, 0.25) is 0 Å². The quantitative estimate of drug-likeness (QED) is 0.767. The molecular weight excluding hydrogens is 332 g/mol. The fourth-order valence-corrected chi connectivity index (χ4v) is 3.41. The van der Waals surface area contributed by atoms with Crippen LogP contribution in [-0.2, 0) is 18.4 Å². The van der Waals surface area contributed by atoms with E-state index in [1.54, 1.807) is 10.9 Å². The summed E-state index contributed by atoms with van der Waals surface area (Å²) in [4.78, 5) is 23.2. The van der Waals surface area contributed by atoms with Crippen LogP contribution in [-0.4, -0.2) is 32.9 Å². The molecule has 0 bridgehead atoms. The molecule has 2 amide bonds. The van der Waals surface area contributed by atoms with Crippen LogP contribution in [0.5, 0.6) is 0 Å². The second-order valence-corrected chi connectivity index (χ2v) is 6.77. The maximum absolute atomic E-state index is 12.2.